The van der Waals surface area contributed by atoms with Crippen LogP contribution in [0, 0.1) is 61.4 Å². The molecule has 0 fully saturated rings. The van der Waals surface area contributed by atoms with Gasteiger partial charge in [0.05, 0.1) is 157 Å². The maximum atomic E-state index is 9.14. The van der Waals surface area contributed by atoms with Crippen molar-refractivity contribution in [1.29, 1.82) is 31.6 Å². The molecule has 0 aromatic heterocycles. The van der Waals surface area contributed by atoms with Gasteiger partial charge in [0.25, 0.3) is 0 Å². The first-order valence-electron chi connectivity index (χ1n) is 53.8. The number of nitrogens with zero attached hydrogens (tertiary/aromatic N) is 12. The molecular formula is C102H216Mn6N12O18. The van der Waals surface area contributed by atoms with Gasteiger partial charge >= 0.3 is 211 Å². The second kappa shape index (κ2) is 110. The average Bonchev–Trinajstić information content (AvgIpc) is 0.899. The summed E-state index contributed by atoms with van der Waals surface area (Å²) in [5.74, 6) is 0. The van der Waals surface area contributed by atoms with Crippen molar-refractivity contribution >= 4 is 0 Å². The van der Waals surface area contributed by atoms with Crippen LogP contribution in [0.2, 0.25) is 0 Å². The molecule has 30 nitrogen and oxygen atoms in total. The van der Waals surface area contributed by atoms with E-state index in [-0.39, 0.29) is 0 Å². The zero-order chi connectivity index (χ0) is 109. The molecule has 0 heterocycles. The molecule has 36 heteroatoms. The van der Waals surface area contributed by atoms with E-state index >= 15 is 0 Å². The van der Waals surface area contributed by atoms with Crippen LogP contribution in [-0.2, 0) is 124 Å². The predicted molar refractivity (Wildman–Crippen MR) is 518 cm³/mol. The van der Waals surface area contributed by atoms with Crippen LogP contribution in [0.1, 0.15) is 474 Å². The van der Waals surface area contributed by atoms with E-state index in [1.807, 2.05) is 0 Å². The Bertz CT molecular complexity index is 2800. The Labute approximate surface area is 862 Å². The molecule has 0 aliphatic carbocycles. The summed E-state index contributed by atoms with van der Waals surface area (Å²) in [7, 11) is 0. The normalized spacial score (nSPS) is 11.5. The van der Waals surface area contributed by atoms with Gasteiger partial charge in [0.1, 0.15) is 0 Å². The fraction of sp³-hybridized carbons (Fsp3) is 0.941. The third-order valence-corrected chi connectivity index (χ3v) is 26.2. The van der Waals surface area contributed by atoms with Gasteiger partial charge < -0.3 is 26.9 Å². The number of rotatable bonds is 72. The molecule has 0 saturated carbocycles. The molecule has 834 valence electrons. The van der Waals surface area contributed by atoms with E-state index in [4.69, 9.17) is 103 Å². The van der Waals surface area contributed by atoms with Crippen LogP contribution in [0.4, 0.5) is 0 Å². The Morgan fingerprint density at radius 3 is 0.188 bits per heavy atom. The predicted octanol–water partition coefficient (Wildman–Crippen LogP) is 21.5. The molecule has 0 aliphatic rings. The molecule has 0 unspecified atom stereocenters. The molecule has 0 radical (unpaired) electrons. The summed E-state index contributed by atoms with van der Waals surface area (Å²) in [4.78, 5) is 3.47. The fourth-order valence-corrected chi connectivity index (χ4v) is 15.9. The Morgan fingerprint density at radius 2 is 0.167 bits per heavy atom. The fourth-order valence-electron chi connectivity index (χ4n) is 15.9. The van der Waals surface area contributed by atoms with E-state index in [1.54, 1.807) is 0 Å². The Balaban J connectivity index is -0.000000129. The van der Waals surface area contributed by atoms with Gasteiger partial charge in [-0.05, 0) is 154 Å². The zero-order valence-corrected chi connectivity index (χ0v) is 100.0. The molecule has 0 rings (SSSR count). The number of hydrogen-bond acceptors (Lipinski definition) is 24. The summed E-state index contributed by atoms with van der Waals surface area (Å²) in [5.41, 5.74) is 0. The van der Waals surface area contributed by atoms with Crippen LogP contribution < -0.4 is 25.1 Å². The zero-order valence-electron chi connectivity index (χ0n) is 92.9. The van der Waals surface area contributed by atoms with Gasteiger partial charge in [0, 0.05) is 0 Å². The summed E-state index contributed by atoms with van der Waals surface area (Å²) < 4.78 is 173. The molecule has 0 amide bonds. The van der Waals surface area contributed by atoms with Crippen LogP contribution in [0.3, 0.4) is 0 Å². The Hall–Kier alpha value is -2.82. The molecule has 0 spiro atoms. The first kappa shape index (κ1) is 160. The van der Waals surface area contributed by atoms with Crippen molar-refractivity contribution in [2.45, 2.75) is 474 Å². The van der Waals surface area contributed by atoms with Crippen LogP contribution in [-0.4, -0.2) is 184 Å². The van der Waals surface area contributed by atoms with Crippen LogP contribution in [0.5, 0.6) is 0 Å². The second-order valence-electron chi connectivity index (χ2n) is 36.9. The van der Waals surface area contributed by atoms with E-state index < -0.39 is 78.2 Å². The van der Waals surface area contributed by atoms with Gasteiger partial charge in [-0.2, -0.15) is 0 Å². The van der Waals surface area contributed by atoms with Crippen molar-refractivity contribution < 1.29 is 176 Å². The standard InChI is InChI=1S/6C16H36N.6CN.6Mn.18O/c6*1-5-9-13-17(14-10-6-2,15-11-7-3)16-12-8-4;6*1-2;;;;;;;;;;;;;;;;;;;;;;;;/h6*5-16H2,1-4H3;;;;;;;;;;;;;;;;;;;;;;;;;;;;;;/q6*+1;;;;;;;;;;;;;;;;;;;;;;;;;6*-1. The first-order chi connectivity index (χ1) is 64.8. The van der Waals surface area contributed by atoms with Crippen molar-refractivity contribution in [3.63, 3.8) is 0 Å². The van der Waals surface area contributed by atoms with Crippen LogP contribution in [0.25, 0.3) is 0 Å². The monoisotopic (exact) mass is 2230 g/mol. The minimum atomic E-state index is -5.09. The molecule has 0 bridgehead atoms. The van der Waals surface area contributed by atoms with Crippen molar-refractivity contribution in [3.8, 4) is 29.8 Å². The van der Waals surface area contributed by atoms with E-state index in [1.165, 1.54) is 492 Å². The topological polar surface area (TPSA) is 486 Å². The summed E-state index contributed by atoms with van der Waals surface area (Å²) >= 11 is -30.5. The third kappa shape index (κ3) is 127. The van der Waals surface area contributed by atoms with E-state index in [9.17, 15) is 0 Å². The van der Waals surface area contributed by atoms with Gasteiger partial charge in [-0.1, -0.05) is 320 Å². The maximum absolute atomic E-state index is 9.14. The Morgan fingerprint density at radius 1 is 0.130 bits per heavy atom. The SMILES string of the molecule is CCCC[N+](CCCC)(CCCC)CCCC.CCCC[N+](CCCC)(CCCC)CCCC.CCCC[N+](CCCC)(CCCC)CCCC.CCCC[N+](CCCC)(CCCC)CCCC.CCCC[N+](CCCC)(CCCC)CCCC.CCCC[N+](CCCC)(CCCC)CCCC.N#[C][Mn](=[O])(=[O])[O-].N#[C][Mn](=[O])(=[O])[O-].N#[C][Mn](=[O])(=[O])[O-].N#[C][Mn](=[O])(=[O])[O-].N#[C][Mn](=[O])(=[O])[O-].N#[C][Mn](=[O])(=[O])[O-]. The summed E-state index contributed by atoms with van der Waals surface area (Å²) in [6, 6.07) is 0. The quantitative estimate of drug-likeness (QED) is 0.0403. The number of hydrogen-bond donors (Lipinski definition) is 0. The van der Waals surface area contributed by atoms with E-state index in [2.05, 4.69) is 166 Å². The molecule has 0 saturated heterocycles. The van der Waals surface area contributed by atoms with Gasteiger partial charge in [0.2, 0.25) is 0 Å². The van der Waals surface area contributed by atoms with Crippen LogP contribution >= 0.6 is 0 Å². The molecule has 0 aromatic carbocycles. The molecule has 0 aromatic rings. The van der Waals surface area contributed by atoms with Gasteiger partial charge in [-0.3, -0.25) is 0 Å². The summed E-state index contributed by atoms with van der Waals surface area (Å²) in [5, 5.41) is 43.7. The number of unbranched alkanes of at least 4 members (excludes halogenated alkanes) is 24. The molecule has 0 aliphatic heterocycles. The summed E-state index contributed by atoms with van der Waals surface area (Å²) in [6.45, 7) is 90.1. The van der Waals surface area contributed by atoms with Gasteiger partial charge in [-0.15, -0.1) is 0 Å². The van der Waals surface area contributed by atoms with Crippen LogP contribution in [0.15, 0.2) is 0 Å². The molecule has 0 N–H and O–H groups in total. The molecule has 0 atom stereocenters. The minimum absolute atomic E-state index is 0.578. The number of quaternary nitrogens is 6. The van der Waals surface area contributed by atoms with Gasteiger partial charge in [-0.25, -0.2) is 0 Å². The molecule has 138 heavy (non-hydrogen) atoms. The second-order valence-corrected chi connectivity index (χ2v) is 46.4. The molecular weight excluding hydrogens is 2010 g/mol. The Kier molecular flexibility index (Phi) is 128. The first-order valence-corrected chi connectivity index (χ1v) is 66.0. The van der Waals surface area contributed by atoms with E-state index in [0.717, 1.165) is 0 Å². The van der Waals surface area contributed by atoms with Crippen molar-refractivity contribution in [3.05, 3.63) is 0 Å². The van der Waals surface area contributed by atoms with Crippen molar-refractivity contribution in [2.24, 2.45) is 0 Å². The van der Waals surface area contributed by atoms with Crippen molar-refractivity contribution in [1.82, 2.24) is 0 Å². The number of nitriles is 6. The average molecular weight is 2230 g/mol. The van der Waals surface area contributed by atoms with Gasteiger partial charge in [0.15, 0.2) is 0 Å². The summed E-state index contributed by atoms with van der Waals surface area (Å²) in [6.07, 6.45) is 66.4. The van der Waals surface area contributed by atoms with Crippen molar-refractivity contribution in [2.75, 3.05) is 157 Å². The van der Waals surface area contributed by atoms with E-state index in [0.29, 0.717) is 29.8 Å². The third-order valence-electron chi connectivity index (χ3n) is 24.3.